The lowest BCUT2D eigenvalue weighted by molar-refractivity contribution is 0.217. The first-order valence-electron chi connectivity index (χ1n) is 7.96. The molecule has 0 spiro atoms. The molecule has 0 fully saturated rings. The van der Waals surface area contributed by atoms with E-state index < -0.39 is 0 Å². The van der Waals surface area contributed by atoms with Crippen molar-refractivity contribution in [2.75, 3.05) is 18.9 Å². The fourth-order valence-corrected chi connectivity index (χ4v) is 2.88. The first-order valence-corrected chi connectivity index (χ1v) is 7.96. The Morgan fingerprint density at radius 3 is 2.55 bits per heavy atom. The molecule has 0 saturated heterocycles. The normalized spacial score (nSPS) is 13.5. The van der Waals surface area contributed by atoms with E-state index in [0.29, 0.717) is 18.9 Å². The molecule has 0 amide bonds. The first-order chi connectivity index (χ1) is 10.7. The number of hydrogen-bond acceptors (Lipinski definition) is 3. The van der Waals surface area contributed by atoms with Gasteiger partial charge in [0.1, 0.15) is 24.7 Å². The molecule has 0 bridgehead atoms. The topological polar surface area (TPSA) is 44.5 Å². The molecule has 22 heavy (non-hydrogen) atoms. The summed E-state index contributed by atoms with van der Waals surface area (Å²) in [6.07, 6.45) is 4.96. The summed E-state index contributed by atoms with van der Waals surface area (Å²) in [4.78, 5) is 0. The molecule has 3 heteroatoms. The van der Waals surface area contributed by atoms with Gasteiger partial charge in [-0.3, -0.25) is 0 Å². The highest BCUT2D eigenvalue weighted by molar-refractivity contribution is 5.53. The number of nitrogens with two attached hydrogens (primary N) is 1. The lowest BCUT2D eigenvalue weighted by Gasteiger charge is -2.17. The monoisotopic (exact) mass is 297 g/mol. The summed E-state index contributed by atoms with van der Waals surface area (Å²) in [5.41, 5.74) is 10.6. The van der Waals surface area contributed by atoms with Gasteiger partial charge in [-0.1, -0.05) is 12.1 Å². The average Bonchev–Trinajstić information content (AvgIpc) is 2.54. The zero-order valence-corrected chi connectivity index (χ0v) is 13.1. The van der Waals surface area contributed by atoms with Crippen molar-refractivity contribution < 1.29 is 9.47 Å². The van der Waals surface area contributed by atoms with Crippen molar-refractivity contribution in [3.05, 3.63) is 53.1 Å². The molecular formula is C19H23NO2. The van der Waals surface area contributed by atoms with Crippen molar-refractivity contribution in [3.8, 4) is 11.5 Å². The van der Waals surface area contributed by atoms with Crippen molar-refractivity contribution in [3.63, 3.8) is 0 Å². The lowest BCUT2D eigenvalue weighted by atomic mass is 9.92. The molecule has 3 rings (SSSR count). The molecule has 0 unspecified atom stereocenters. The van der Waals surface area contributed by atoms with Gasteiger partial charge < -0.3 is 15.2 Å². The molecule has 2 aromatic carbocycles. The molecule has 0 atom stereocenters. The molecule has 0 heterocycles. The molecule has 1 aliphatic rings. The van der Waals surface area contributed by atoms with E-state index in [1.807, 2.05) is 25.1 Å². The van der Waals surface area contributed by atoms with Crippen molar-refractivity contribution in [1.29, 1.82) is 0 Å². The third kappa shape index (κ3) is 3.53. The minimum Gasteiger partial charge on any atom is -0.490 e. The number of aryl methyl sites for hydroxylation is 3. The van der Waals surface area contributed by atoms with Gasteiger partial charge in [0.15, 0.2) is 0 Å². The van der Waals surface area contributed by atoms with E-state index >= 15 is 0 Å². The van der Waals surface area contributed by atoms with Crippen LogP contribution < -0.4 is 15.2 Å². The van der Waals surface area contributed by atoms with Crippen LogP contribution in [0, 0.1) is 6.92 Å². The smallest absolute Gasteiger partial charge is 0.142 e. The van der Waals surface area contributed by atoms with E-state index in [2.05, 4.69) is 18.2 Å². The number of ether oxygens (including phenoxy) is 2. The molecule has 116 valence electrons. The maximum Gasteiger partial charge on any atom is 0.142 e. The summed E-state index contributed by atoms with van der Waals surface area (Å²) < 4.78 is 11.5. The summed E-state index contributed by atoms with van der Waals surface area (Å²) in [7, 11) is 0. The zero-order valence-electron chi connectivity index (χ0n) is 13.1. The quantitative estimate of drug-likeness (QED) is 0.672. The minimum absolute atomic E-state index is 0.491. The number of fused-ring (bicyclic) bond motifs is 1. The van der Waals surface area contributed by atoms with Gasteiger partial charge in [0, 0.05) is 0 Å². The standard InChI is InChI=1S/C19H23NO2/c1-14-6-9-18(20)19(12-14)22-11-10-21-17-8-7-15-4-2-3-5-16(15)13-17/h6-9,12-13H,2-5,10-11,20H2,1H3. The Balaban J connectivity index is 1.52. The van der Waals surface area contributed by atoms with Gasteiger partial charge >= 0.3 is 0 Å². The second kappa shape index (κ2) is 6.73. The van der Waals surface area contributed by atoms with Crippen LogP contribution >= 0.6 is 0 Å². The fraction of sp³-hybridized carbons (Fsp3) is 0.368. The maximum atomic E-state index is 5.89. The molecule has 2 N–H and O–H groups in total. The predicted octanol–water partition coefficient (Wildman–Crippen LogP) is 3.91. The molecule has 1 aliphatic carbocycles. The average molecular weight is 297 g/mol. The van der Waals surface area contributed by atoms with Gasteiger partial charge in [-0.15, -0.1) is 0 Å². The van der Waals surface area contributed by atoms with Gasteiger partial charge in [-0.05, 0) is 73.6 Å². The predicted molar refractivity (Wildman–Crippen MR) is 89.7 cm³/mol. The van der Waals surface area contributed by atoms with Crippen LogP contribution in [0.5, 0.6) is 11.5 Å². The van der Waals surface area contributed by atoms with Gasteiger partial charge in [-0.2, -0.15) is 0 Å². The Hall–Kier alpha value is -2.16. The van der Waals surface area contributed by atoms with Crippen LogP contribution in [0.25, 0.3) is 0 Å². The Morgan fingerprint density at radius 1 is 0.909 bits per heavy atom. The number of nitrogen functional groups attached to an aromatic ring is 1. The summed E-state index contributed by atoms with van der Waals surface area (Å²) in [6, 6.07) is 12.2. The number of hydrogen-bond donors (Lipinski definition) is 1. The van der Waals surface area contributed by atoms with E-state index in [1.54, 1.807) is 0 Å². The first kappa shape index (κ1) is 14.8. The molecule has 2 aromatic rings. The van der Waals surface area contributed by atoms with Gasteiger partial charge in [0.05, 0.1) is 5.69 Å². The molecule has 0 saturated carbocycles. The number of anilines is 1. The molecule has 0 radical (unpaired) electrons. The highest BCUT2D eigenvalue weighted by atomic mass is 16.5. The Kier molecular flexibility index (Phi) is 4.52. The van der Waals surface area contributed by atoms with E-state index in [0.717, 1.165) is 17.1 Å². The molecular weight excluding hydrogens is 274 g/mol. The zero-order chi connectivity index (χ0) is 15.4. The Bertz CT molecular complexity index is 652. The Morgan fingerprint density at radius 2 is 1.68 bits per heavy atom. The molecule has 0 aromatic heterocycles. The second-order valence-corrected chi connectivity index (χ2v) is 5.88. The van der Waals surface area contributed by atoms with Gasteiger partial charge in [0.2, 0.25) is 0 Å². The fourth-order valence-electron chi connectivity index (χ4n) is 2.88. The second-order valence-electron chi connectivity index (χ2n) is 5.88. The summed E-state index contributed by atoms with van der Waals surface area (Å²) in [5.74, 6) is 1.66. The third-order valence-electron chi connectivity index (χ3n) is 4.10. The third-order valence-corrected chi connectivity index (χ3v) is 4.10. The van der Waals surface area contributed by atoms with Crippen LogP contribution in [0.2, 0.25) is 0 Å². The highest BCUT2D eigenvalue weighted by Crippen LogP contribution is 2.25. The van der Waals surface area contributed by atoms with Crippen LogP contribution in [0.1, 0.15) is 29.5 Å². The Labute approximate surface area is 132 Å². The highest BCUT2D eigenvalue weighted by Gasteiger charge is 2.09. The summed E-state index contributed by atoms with van der Waals surface area (Å²) in [6.45, 7) is 3.03. The van der Waals surface area contributed by atoms with E-state index in [-0.39, 0.29) is 0 Å². The van der Waals surface area contributed by atoms with Crippen molar-refractivity contribution >= 4 is 5.69 Å². The minimum atomic E-state index is 0.491. The summed E-state index contributed by atoms with van der Waals surface area (Å²) >= 11 is 0. The van der Waals surface area contributed by atoms with E-state index in [4.69, 9.17) is 15.2 Å². The van der Waals surface area contributed by atoms with E-state index in [9.17, 15) is 0 Å². The molecule has 3 nitrogen and oxygen atoms in total. The van der Waals surface area contributed by atoms with Crippen LogP contribution in [0.15, 0.2) is 36.4 Å². The maximum absolute atomic E-state index is 5.89. The van der Waals surface area contributed by atoms with Crippen LogP contribution in [0.4, 0.5) is 5.69 Å². The molecule has 0 aliphatic heterocycles. The van der Waals surface area contributed by atoms with Crippen LogP contribution in [0.3, 0.4) is 0 Å². The van der Waals surface area contributed by atoms with Crippen LogP contribution in [-0.4, -0.2) is 13.2 Å². The largest absolute Gasteiger partial charge is 0.490 e. The SMILES string of the molecule is Cc1ccc(N)c(OCCOc2ccc3c(c2)CCCC3)c1. The van der Waals surface area contributed by atoms with Gasteiger partial charge in [-0.25, -0.2) is 0 Å². The lowest BCUT2D eigenvalue weighted by Crippen LogP contribution is -2.10. The summed E-state index contributed by atoms with van der Waals surface area (Å²) in [5, 5.41) is 0. The van der Waals surface area contributed by atoms with Crippen molar-refractivity contribution in [1.82, 2.24) is 0 Å². The van der Waals surface area contributed by atoms with Gasteiger partial charge in [0.25, 0.3) is 0 Å². The van der Waals surface area contributed by atoms with E-state index in [1.165, 1.54) is 36.8 Å². The van der Waals surface area contributed by atoms with Crippen molar-refractivity contribution in [2.45, 2.75) is 32.6 Å². The number of benzene rings is 2. The van der Waals surface area contributed by atoms with Crippen LogP contribution in [-0.2, 0) is 12.8 Å². The van der Waals surface area contributed by atoms with Crippen molar-refractivity contribution in [2.24, 2.45) is 0 Å². The number of rotatable bonds is 5.